The zero-order valence-corrected chi connectivity index (χ0v) is 14.4. The number of carbonyl (C=O) groups is 4. The molecule has 2 aromatic carbocycles. The lowest BCUT2D eigenvalue weighted by molar-refractivity contribution is 0.0601. The zero-order valence-electron chi connectivity index (χ0n) is 14.4. The standard InChI is InChI=1S/C19H16N2O6/c1-27-9-8-21-17(23)14-7-4-12(10-15(14)18(21)24)16(22)20-13-5-2-11(3-6-13)19(25)26/h2-7,10H,8-9H2,1H3,(H,20,22)(H,25,26). The van der Waals surface area contributed by atoms with Gasteiger partial charge >= 0.3 is 5.97 Å². The molecule has 138 valence electrons. The summed E-state index contributed by atoms with van der Waals surface area (Å²) in [5, 5.41) is 11.5. The van der Waals surface area contributed by atoms with E-state index < -0.39 is 23.7 Å². The van der Waals surface area contributed by atoms with Crippen LogP contribution in [0, 0.1) is 0 Å². The monoisotopic (exact) mass is 368 g/mol. The number of nitrogens with zero attached hydrogens (tertiary/aromatic N) is 1. The minimum absolute atomic E-state index is 0.103. The molecule has 1 heterocycles. The van der Waals surface area contributed by atoms with Gasteiger partial charge in [-0.05, 0) is 42.5 Å². The molecule has 0 bridgehead atoms. The molecule has 3 amide bonds. The van der Waals surface area contributed by atoms with Crippen molar-refractivity contribution in [3.63, 3.8) is 0 Å². The summed E-state index contributed by atoms with van der Waals surface area (Å²) in [4.78, 5) is 49.0. The summed E-state index contributed by atoms with van der Waals surface area (Å²) in [6, 6.07) is 9.97. The van der Waals surface area contributed by atoms with E-state index in [0.29, 0.717) is 5.69 Å². The van der Waals surface area contributed by atoms with E-state index in [1.807, 2.05) is 0 Å². The van der Waals surface area contributed by atoms with Crippen LogP contribution in [0.1, 0.15) is 41.4 Å². The fourth-order valence-electron chi connectivity index (χ4n) is 2.72. The van der Waals surface area contributed by atoms with Crippen molar-refractivity contribution < 1.29 is 29.0 Å². The molecule has 27 heavy (non-hydrogen) atoms. The molecule has 1 aliphatic heterocycles. The summed E-state index contributed by atoms with van der Waals surface area (Å²) >= 11 is 0. The molecule has 0 saturated carbocycles. The minimum atomic E-state index is -1.06. The summed E-state index contributed by atoms with van der Waals surface area (Å²) < 4.78 is 4.90. The maximum atomic E-state index is 12.4. The molecule has 3 rings (SSSR count). The summed E-state index contributed by atoms with van der Waals surface area (Å²) in [6.45, 7) is 0.367. The van der Waals surface area contributed by atoms with Crippen molar-refractivity contribution in [1.29, 1.82) is 0 Å². The van der Waals surface area contributed by atoms with Gasteiger partial charge in [-0.2, -0.15) is 0 Å². The van der Waals surface area contributed by atoms with Crippen molar-refractivity contribution in [3.8, 4) is 0 Å². The van der Waals surface area contributed by atoms with Gasteiger partial charge in [-0.25, -0.2) is 4.79 Å². The van der Waals surface area contributed by atoms with Gasteiger partial charge in [-0.15, -0.1) is 0 Å². The Morgan fingerprint density at radius 1 is 1.00 bits per heavy atom. The summed E-state index contributed by atoms with van der Waals surface area (Å²) in [5.74, 6) is -2.42. The number of carboxylic acids is 1. The van der Waals surface area contributed by atoms with Crippen LogP contribution in [-0.2, 0) is 4.74 Å². The number of hydrogen-bond acceptors (Lipinski definition) is 5. The molecule has 0 aliphatic carbocycles. The quantitative estimate of drug-likeness (QED) is 0.753. The summed E-state index contributed by atoms with van der Waals surface area (Å²) in [7, 11) is 1.48. The lowest BCUT2D eigenvalue weighted by Gasteiger charge is -2.12. The van der Waals surface area contributed by atoms with Crippen LogP contribution in [0.4, 0.5) is 5.69 Å². The Bertz CT molecular complexity index is 936. The number of carboxylic acid groups (broad SMARTS) is 1. The molecular weight excluding hydrogens is 352 g/mol. The van der Waals surface area contributed by atoms with E-state index in [0.717, 1.165) is 4.90 Å². The van der Waals surface area contributed by atoms with E-state index >= 15 is 0 Å². The highest BCUT2D eigenvalue weighted by atomic mass is 16.5. The van der Waals surface area contributed by atoms with Crippen LogP contribution in [-0.4, -0.2) is 54.0 Å². The Morgan fingerprint density at radius 2 is 1.63 bits per heavy atom. The van der Waals surface area contributed by atoms with Crippen LogP contribution in [0.25, 0.3) is 0 Å². The second kappa shape index (κ2) is 7.38. The van der Waals surface area contributed by atoms with Gasteiger partial charge in [0.05, 0.1) is 29.8 Å². The first-order valence-electron chi connectivity index (χ1n) is 8.06. The van der Waals surface area contributed by atoms with E-state index in [-0.39, 0.29) is 35.4 Å². The number of ether oxygens (including phenoxy) is 1. The molecule has 8 heteroatoms. The average Bonchev–Trinajstić information content (AvgIpc) is 2.90. The van der Waals surface area contributed by atoms with Crippen molar-refractivity contribution in [2.75, 3.05) is 25.6 Å². The summed E-state index contributed by atoms with van der Waals surface area (Å²) in [6.07, 6.45) is 0. The minimum Gasteiger partial charge on any atom is -0.478 e. The number of aromatic carboxylic acids is 1. The molecule has 0 atom stereocenters. The third-order valence-corrected chi connectivity index (χ3v) is 4.14. The molecule has 2 aromatic rings. The van der Waals surface area contributed by atoms with Gasteiger partial charge in [-0.3, -0.25) is 19.3 Å². The van der Waals surface area contributed by atoms with Gasteiger partial charge in [0.15, 0.2) is 0 Å². The SMILES string of the molecule is COCCN1C(=O)c2ccc(C(=O)Nc3ccc(C(=O)O)cc3)cc2C1=O. The van der Waals surface area contributed by atoms with E-state index in [9.17, 15) is 19.2 Å². The number of hydrogen-bond donors (Lipinski definition) is 2. The van der Waals surface area contributed by atoms with Gasteiger partial charge in [-0.1, -0.05) is 0 Å². The van der Waals surface area contributed by atoms with E-state index in [1.165, 1.54) is 49.6 Å². The molecule has 2 N–H and O–H groups in total. The largest absolute Gasteiger partial charge is 0.478 e. The third kappa shape index (κ3) is 3.56. The van der Waals surface area contributed by atoms with Gasteiger partial charge in [0.1, 0.15) is 0 Å². The van der Waals surface area contributed by atoms with Gasteiger partial charge in [0.25, 0.3) is 17.7 Å². The molecule has 0 fully saturated rings. The van der Waals surface area contributed by atoms with Crippen LogP contribution in [0.2, 0.25) is 0 Å². The number of fused-ring (bicyclic) bond motifs is 1. The number of benzene rings is 2. The Kier molecular flexibility index (Phi) is 5.00. The van der Waals surface area contributed by atoms with Gasteiger partial charge < -0.3 is 15.2 Å². The third-order valence-electron chi connectivity index (χ3n) is 4.14. The lowest BCUT2D eigenvalue weighted by Crippen LogP contribution is -2.32. The Hall–Kier alpha value is -3.52. The van der Waals surface area contributed by atoms with Crippen LogP contribution in [0.5, 0.6) is 0 Å². The molecule has 1 aliphatic rings. The second-order valence-corrected chi connectivity index (χ2v) is 5.85. The number of anilines is 1. The normalized spacial score (nSPS) is 12.9. The number of nitrogens with one attached hydrogen (secondary N) is 1. The molecule has 8 nitrogen and oxygen atoms in total. The summed E-state index contributed by atoms with van der Waals surface area (Å²) in [5.41, 5.74) is 1.15. The maximum absolute atomic E-state index is 12.4. The molecule has 0 saturated heterocycles. The number of imide groups is 1. The number of carbonyl (C=O) groups excluding carboxylic acids is 3. The molecule has 0 unspecified atom stereocenters. The lowest BCUT2D eigenvalue weighted by atomic mass is 10.1. The van der Waals surface area contributed by atoms with Crippen LogP contribution >= 0.6 is 0 Å². The van der Waals surface area contributed by atoms with Crippen LogP contribution in [0.3, 0.4) is 0 Å². The van der Waals surface area contributed by atoms with Gasteiger partial charge in [0.2, 0.25) is 0 Å². The Labute approximate surface area is 154 Å². The Morgan fingerprint density at radius 3 is 2.26 bits per heavy atom. The van der Waals surface area contributed by atoms with E-state index in [4.69, 9.17) is 9.84 Å². The van der Waals surface area contributed by atoms with Crippen molar-refractivity contribution in [2.24, 2.45) is 0 Å². The predicted octanol–water partition coefficient (Wildman–Crippen LogP) is 1.88. The fourth-order valence-corrected chi connectivity index (χ4v) is 2.72. The highest BCUT2D eigenvalue weighted by Crippen LogP contribution is 2.24. The first kappa shape index (κ1) is 18.3. The smallest absolute Gasteiger partial charge is 0.335 e. The van der Waals surface area contributed by atoms with Crippen molar-refractivity contribution in [3.05, 3.63) is 64.7 Å². The van der Waals surface area contributed by atoms with Crippen LogP contribution in [0.15, 0.2) is 42.5 Å². The number of amides is 3. The highest BCUT2D eigenvalue weighted by Gasteiger charge is 2.35. The predicted molar refractivity (Wildman–Crippen MR) is 95.0 cm³/mol. The molecule has 0 radical (unpaired) electrons. The molecule has 0 aromatic heterocycles. The second-order valence-electron chi connectivity index (χ2n) is 5.85. The molecular formula is C19H16N2O6. The fraction of sp³-hybridized carbons (Fsp3) is 0.158. The van der Waals surface area contributed by atoms with E-state index in [1.54, 1.807) is 0 Å². The Balaban J connectivity index is 1.78. The first-order valence-corrected chi connectivity index (χ1v) is 8.06. The average molecular weight is 368 g/mol. The van der Waals surface area contributed by atoms with E-state index in [2.05, 4.69) is 5.32 Å². The van der Waals surface area contributed by atoms with Crippen LogP contribution < -0.4 is 5.32 Å². The van der Waals surface area contributed by atoms with Gasteiger partial charge in [0, 0.05) is 18.4 Å². The maximum Gasteiger partial charge on any atom is 0.335 e. The van der Waals surface area contributed by atoms with Crippen molar-refractivity contribution in [2.45, 2.75) is 0 Å². The molecule has 0 spiro atoms. The number of rotatable bonds is 6. The highest BCUT2D eigenvalue weighted by molar-refractivity contribution is 6.22. The zero-order chi connectivity index (χ0) is 19.6. The van der Waals surface area contributed by atoms with Crippen molar-refractivity contribution >= 4 is 29.4 Å². The van der Waals surface area contributed by atoms with Crippen molar-refractivity contribution in [1.82, 2.24) is 4.90 Å². The number of methoxy groups -OCH3 is 1. The first-order chi connectivity index (χ1) is 12.9. The topological polar surface area (TPSA) is 113 Å².